The van der Waals surface area contributed by atoms with E-state index in [-0.39, 0.29) is 5.91 Å². The zero-order valence-corrected chi connectivity index (χ0v) is 15.3. The molecule has 0 aliphatic carbocycles. The Morgan fingerprint density at radius 3 is 2.26 bits per heavy atom. The van der Waals surface area contributed by atoms with Crippen molar-refractivity contribution in [2.75, 3.05) is 21.3 Å². The van der Waals surface area contributed by atoms with Gasteiger partial charge in [-0.05, 0) is 35.9 Å². The lowest BCUT2D eigenvalue weighted by Gasteiger charge is -2.14. The molecule has 0 atom stereocenters. The second-order valence-corrected chi connectivity index (χ2v) is 5.64. The molecule has 0 saturated heterocycles. The van der Waals surface area contributed by atoms with Gasteiger partial charge < -0.3 is 19.5 Å². The number of nitrogens with one attached hydrogen (secondary N) is 1. The Morgan fingerprint density at radius 1 is 1.00 bits per heavy atom. The maximum atomic E-state index is 12.5. The van der Waals surface area contributed by atoms with Gasteiger partial charge in [0.15, 0.2) is 11.5 Å². The lowest BCUT2D eigenvalue weighted by molar-refractivity contribution is 0.0950. The summed E-state index contributed by atoms with van der Waals surface area (Å²) < 4.78 is 17.7. The summed E-state index contributed by atoms with van der Waals surface area (Å²) in [6.45, 7) is 0.312. The molecule has 1 amide bonds. The molecule has 0 aliphatic rings. The number of carbonyl (C=O) groups excluding carboxylic acids is 1. The second kappa shape index (κ2) is 8.22. The average molecular weight is 368 g/mol. The number of ether oxygens (including phenoxy) is 3. The van der Waals surface area contributed by atoms with Crippen LogP contribution in [0.4, 0.5) is 0 Å². The monoisotopic (exact) mass is 368 g/mol. The number of carbonyl (C=O) groups is 1. The third-order valence-corrected chi connectivity index (χ3v) is 4.00. The van der Waals surface area contributed by atoms with Gasteiger partial charge >= 0.3 is 0 Å². The number of aromatic nitrogens is 3. The van der Waals surface area contributed by atoms with Gasteiger partial charge in [-0.3, -0.25) is 9.36 Å². The van der Waals surface area contributed by atoms with E-state index < -0.39 is 0 Å². The number of hydrogen-bond donors (Lipinski definition) is 1. The van der Waals surface area contributed by atoms with Gasteiger partial charge in [0.1, 0.15) is 12.7 Å². The number of rotatable bonds is 7. The van der Waals surface area contributed by atoms with Crippen molar-refractivity contribution in [3.05, 3.63) is 60.2 Å². The fourth-order valence-corrected chi connectivity index (χ4v) is 2.66. The van der Waals surface area contributed by atoms with Crippen molar-refractivity contribution in [1.29, 1.82) is 0 Å². The first-order valence-electron chi connectivity index (χ1n) is 8.18. The summed E-state index contributed by atoms with van der Waals surface area (Å²) in [7, 11) is 4.65. The molecule has 0 saturated carbocycles. The summed E-state index contributed by atoms with van der Waals surface area (Å²) in [5.41, 5.74) is 2.17. The quantitative estimate of drug-likeness (QED) is 0.688. The number of benzene rings is 2. The topological polar surface area (TPSA) is 87.5 Å². The standard InChI is InChI=1S/C19H20N4O4/c1-25-16-7-13(8-17(26-2)18(16)27-3)10-20-19(24)14-5-4-6-15(9-14)23-11-21-22-12-23/h4-9,11-12H,10H2,1-3H3,(H,20,24). The fraction of sp³-hybridized carbons (Fsp3) is 0.211. The van der Waals surface area contributed by atoms with Crippen LogP contribution >= 0.6 is 0 Å². The van der Waals surface area contributed by atoms with E-state index in [0.29, 0.717) is 29.4 Å². The SMILES string of the molecule is COc1cc(CNC(=O)c2cccc(-n3cnnc3)c2)cc(OC)c1OC. The second-order valence-electron chi connectivity index (χ2n) is 5.64. The summed E-state index contributed by atoms with van der Waals surface area (Å²) in [5.74, 6) is 1.39. The molecule has 8 nitrogen and oxygen atoms in total. The first-order valence-corrected chi connectivity index (χ1v) is 8.18. The van der Waals surface area contributed by atoms with E-state index in [1.54, 1.807) is 62.8 Å². The van der Waals surface area contributed by atoms with Crippen LogP contribution in [0, 0.1) is 0 Å². The number of nitrogens with zero attached hydrogens (tertiary/aromatic N) is 3. The first kappa shape index (κ1) is 18.2. The van der Waals surface area contributed by atoms with E-state index >= 15 is 0 Å². The molecule has 1 aromatic heterocycles. The molecular weight excluding hydrogens is 348 g/mol. The van der Waals surface area contributed by atoms with Crippen molar-refractivity contribution < 1.29 is 19.0 Å². The van der Waals surface area contributed by atoms with Crippen molar-refractivity contribution in [1.82, 2.24) is 20.1 Å². The molecule has 140 valence electrons. The molecule has 3 aromatic rings. The van der Waals surface area contributed by atoms with Crippen molar-refractivity contribution in [3.8, 4) is 22.9 Å². The smallest absolute Gasteiger partial charge is 0.251 e. The van der Waals surface area contributed by atoms with Crippen molar-refractivity contribution in [2.24, 2.45) is 0 Å². The Kier molecular flexibility index (Phi) is 5.55. The average Bonchev–Trinajstić information content (AvgIpc) is 3.26. The molecule has 0 unspecified atom stereocenters. The highest BCUT2D eigenvalue weighted by Crippen LogP contribution is 2.38. The molecule has 1 heterocycles. The summed E-state index contributed by atoms with van der Waals surface area (Å²) in [5, 5.41) is 10.4. The van der Waals surface area contributed by atoms with Crippen LogP contribution in [0.3, 0.4) is 0 Å². The Hall–Kier alpha value is -3.55. The van der Waals surface area contributed by atoms with Crippen LogP contribution in [0.2, 0.25) is 0 Å². The number of amides is 1. The minimum absolute atomic E-state index is 0.196. The molecule has 0 radical (unpaired) electrons. The highest BCUT2D eigenvalue weighted by molar-refractivity contribution is 5.94. The van der Waals surface area contributed by atoms with Crippen LogP contribution in [0.15, 0.2) is 49.1 Å². The third-order valence-electron chi connectivity index (χ3n) is 4.00. The van der Waals surface area contributed by atoms with E-state index in [1.165, 1.54) is 0 Å². The largest absolute Gasteiger partial charge is 0.493 e. The zero-order chi connectivity index (χ0) is 19.2. The Balaban J connectivity index is 1.75. The number of methoxy groups -OCH3 is 3. The van der Waals surface area contributed by atoms with Crippen LogP contribution in [-0.4, -0.2) is 42.0 Å². The van der Waals surface area contributed by atoms with E-state index in [4.69, 9.17) is 14.2 Å². The summed E-state index contributed by atoms with van der Waals surface area (Å²) in [6.07, 6.45) is 3.15. The lowest BCUT2D eigenvalue weighted by atomic mass is 10.1. The number of hydrogen-bond acceptors (Lipinski definition) is 6. The van der Waals surface area contributed by atoms with Gasteiger partial charge in [0.05, 0.1) is 21.3 Å². The van der Waals surface area contributed by atoms with Gasteiger partial charge in [0.25, 0.3) is 5.91 Å². The molecule has 8 heteroatoms. The fourth-order valence-electron chi connectivity index (χ4n) is 2.66. The predicted molar refractivity (Wildman–Crippen MR) is 98.6 cm³/mol. The van der Waals surface area contributed by atoms with E-state index in [9.17, 15) is 4.79 Å². The minimum atomic E-state index is -0.196. The highest BCUT2D eigenvalue weighted by atomic mass is 16.5. The molecule has 1 N–H and O–H groups in total. The minimum Gasteiger partial charge on any atom is -0.493 e. The maximum Gasteiger partial charge on any atom is 0.251 e. The van der Waals surface area contributed by atoms with Gasteiger partial charge in [-0.25, -0.2) is 0 Å². The first-order chi connectivity index (χ1) is 13.2. The van der Waals surface area contributed by atoms with Crippen LogP contribution < -0.4 is 19.5 Å². The molecule has 2 aromatic carbocycles. The van der Waals surface area contributed by atoms with E-state index in [2.05, 4.69) is 15.5 Å². The Morgan fingerprint density at radius 2 is 1.67 bits per heavy atom. The Bertz CT molecular complexity index is 900. The molecule has 0 aliphatic heterocycles. The van der Waals surface area contributed by atoms with E-state index in [0.717, 1.165) is 11.3 Å². The summed E-state index contributed by atoms with van der Waals surface area (Å²) >= 11 is 0. The van der Waals surface area contributed by atoms with Crippen molar-refractivity contribution >= 4 is 5.91 Å². The van der Waals surface area contributed by atoms with Gasteiger partial charge in [-0.2, -0.15) is 0 Å². The van der Waals surface area contributed by atoms with Crippen molar-refractivity contribution in [3.63, 3.8) is 0 Å². The summed E-state index contributed by atoms with van der Waals surface area (Å²) in [6, 6.07) is 10.8. The molecule has 0 bridgehead atoms. The zero-order valence-electron chi connectivity index (χ0n) is 15.3. The maximum absolute atomic E-state index is 12.5. The van der Waals surface area contributed by atoms with Crippen LogP contribution in [0.5, 0.6) is 17.2 Å². The van der Waals surface area contributed by atoms with Crippen LogP contribution in [0.1, 0.15) is 15.9 Å². The third kappa shape index (κ3) is 4.00. The van der Waals surface area contributed by atoms with Gasteiger partial charge in [-0.1, -0.05) is 6.07 Å². The van der Waals surface area contributed by atoms with Crippen LogP contribution in [-0.2, 0) is 6.54 Å². The van der Waals surface area contributed by atoms with Crippen molar-refractivity contribution in [2.45, 2.75) is 6.54 Å². The molecule has 0 spiro atoms. The molecule has 3 rings (SSSR count). The van der Waals surface area contributed by atoms with Crippen LogP contribution in [0.25, 0.3) is 5.69 Å². The Labute approximate surface area is 156 Å². The van der Waals surface area contributed by atoms with Gasteiger partial charge in [0, 0.05) is 17.8 Å². The summed E-state index contributed by atoms with van der Waals surface area (Å²) in [4.78, 5) is 12.5. The highest BCUT2D eigenvalue weighted by Gasteiger charge is 2.14. The molecular formula is C19H20N4O4. The van der Waals surface area contributed by atoms with Gasteiger partial charge in [0.2, 0.25) is 5.75 Å². The molecule has 27 heavy (non-hydrogen) atoms. The predicted octanol–water partition coefficient (Wildman–Crippen LogP) is 2.22. The van der Waals surface area contributed by atoms with Gasteiger partial charge in [-0.15, -0.1) is 10.2 Å². The lowest BCUT2D eigenvalue weighted by Crippen LogP contribution is -2.23. The normalized spacial score (nSPS) is 10.3. The molecule has 0 fully saturated rings. The van der Waals surface area contributed by atoms with E-state index in [1.807, 2.05) is 12.1 Å².